The average molecular weight is 424 g/mol. The molecule has 0 atom stereocenters. The van der Waals surface area contributed by atoms with Crippen LogP contribution in [0.2, 0.25) is 0 Å². The molecule has 0 bridgehead atoms. The maximum Gasteiger partial charge on any atom is 0.257 e. The Morgan fingerprint density at radius 3 is 2.50 bits per heavy atom. The van der Waals surface area contributed by atoms with Gasteiger partial charge in [-0.15, -0.1) is 11.3 Å². The predicted molar refractivity (Wildman–Crippen MR) is 119 cm³/mol. The van der Waals surface area contributed by atoms with Crippen LogP contribution in [0.25, 0.3) is 0 Å². The van der Waals surface area contributed by atoms with Crippen LogP contribution in [0.4, 0.5) is 5.13 Å². The fourth-order valence-corrected chi connectivity index (χ4v) is 3.64. The number of carbonyl (C=O) groups excluding carboxylic acids is 2. The van der Waals surface area contributed by atoms with Crippen molar-refractivity contribution in [1.29, 1.82) is 0 Å². The third-order valence-electron chi connectivity index (χ3n) is 4.46. The lowest BCUT2D eigenvalue weighted by Gasteiger charge is -2.17. The van der Waals surface area contributed by atoms with Crippen molar-refractivity contribution < 1.29 is 14.3 Å². The van der Waals surface area contributed by atoms with Gasteiger partial charge >= 0.3 is 0 Å². The minimum atomic E-state index is -0.219. The second kappa shape index (κ2) is 10.0. The van der Waals surface area contributed by atoms with Crippen LogP contribution in [0.15, 0.2) is 53.9 Å². The molecule has 7 heteroatoms. The van der Waals surface area contributed by atoms with Gasteiger partial charge in [0.25, 0.3) is 5.91 Å². The highest BCUT2D eigenvalue weighted by Gasteiger charge is 2.14. The number of carbonyl (C=O) groups is 2. The van der Waals surface area contributed by atoms with Crippen molar-refractivity contribution in [3.63, 3.8) is 0 Å². The lowest BCUT2D eigenvalue weighted by atomic mass is 10.1. The molecule has 2 amide bonds. The standard InChI is InChI=1S/C23H25N3O3S/c1-16-11-17(2)13-20(12-16)29-10-9-26(3)21(27)14-19-15-30-23(24-19)25-22(28)18-7-5-4-6-8-18/h4-8,11-13,15H,9-10,14H2,1-3H3,(H,24,25,28). The van der Waals surface area contributed by atoms with E-state index in [2.05, 4.69) is 16.4 Å². The number of anilines is 1. The summed E-state index contributed by atoms with van der Waals surface area (Å²) in [6.45, 7) is 4.95. The number of hydrogen-bond donors (Lipinski definition) is 1. The van der Waals surface area contributed by atoms with Gasteiger partial charge in [-0.25, -0.2) is 4.98 Å². The summed E-state index contributed by atoms with van der Waals surface area (Å²) in [4.78, 5) is 30.6. The second-order valence-corrected chi connectivity index (χ2v) is 7.99. The van der Waals surface area contributed by atoms with Crippen molar-refractivity contribution >= 4 is 28.3 Å². The van der Waals surface area contributed by atoms with Gasteiger partial charge in [0.15, 0.2) is 5.13 Å². The fraction of sp³-hybridized carbons (Fsp3) is 0.261. The van der Waals surface area contributed by atoms with Gasteiger partial charge < -0.3 is 9.64 Å². The van der Waals surface area contributed by atoms with E-state index in [0.717, 1.165) is 16.9 Å². The summed E-state index contributed by atoms with van der Waals surface area (Å²) < 4.78 is 5.77. The first-order valence-corrected chi connectivity index (χ1v) is 10.5. The number of nitrogens with zero attached hydrogens (tertiary/aromatic N) is 2. The van der Waals surface area contributed by atoms with E-state index >= 15 is 0 Å². The molecule has 0 aliphatic rings. The molecule has 1 N–H and O–H groups in total. The van der Waals surface area contributed by atoms with Crippen LogP contribution >= 0.6 is 11.3 Å². The Hall–Kier alpha value is -3.19. The quantitative estimate of drug-likeness (QED) is 0.592. The highest BCUT2D eigenvalue weighted by molar-refractivity contribution is 7.14. The molecule has 156 valence electrons. The summed E-state index contributed by atoms with van der Waals surface area (Å²) in [5.41, 5.74) is 3.49. The Morgan fingerprint density at radius 2 is 1.80 bits per heavy atom. The lowest BCUT2D eigenvalue weighted by Crippen LogP contribution is -2.32. The van der Waals surface area contributed by atoms with Crippen molar-refractivity contribution in [2.75, 3.05) is 25.5 Å². The molecule has 3 rings (SSSR count). The van der Waals surface area contributed by atoms with Crippen LogP contribution in [-0.4, -0.2) is 41.9 Å². The van der Waals surface area contributed by atoms with Crippen LogP contribution in [-0.2, 0) is 11.2 Å². The second-order valence-electron chi connectivity index (χ2n) is 7.13. The number of rotatable bonds is 8. The van der Waals surface area contributed by atoms with Crippen LogP contribution in [0, 0.1) is 13.8 Å². The summed E-state index contributed by atoms with van der Waals surface area (Å²) in [5, 5.41) is 5.04. The molecule has 0 saturated carbocycles. The number of thiazole rings is 1. The van der Waals surface area contributed by atoms with Crippen LogP contribution in [0.3, 0.4) is 0 Å². The van der Waals surface area contributed by atoms with Gasteiger partial charge in [-0.2, -0.15) is 0 Å². The molecule has 0 saturated heterocycles. The molecular weight excluding hydrogens is 398 g/mol. The summed E-state index contributed by atoms with van der Waals surface area (Å²) >= 11 is 1.31. The molecule has 2 aromatic carbocycles. The molecule has 1 aromatic heterocycles. The topological polar surface area (TPSA) is 71.5 Å². The molecular formula is C23H25N3O3S. The number of amides is 2. The van der Waals surface area contributed by atoms with Crippen LogP contribution in [0.5, 0.6) is 5.75 Å². The van der Waals surface area contributed by atoms with Gasteiger partial charge in [0.2, 0.25) is 5.91 Å². The molecule has 0 aliphatic heterocycles. The fourth-order valence-electron chi connectivity index (χ4n) is 2.94. The zero-order valence-corrected chi connectivity index (χ0v) is 18.2. The van der Waals surface area contributed by atoms with Gasteiger partial charge in [-0.05, 0) is 49.2 Å². The average Bonchev–Trinajstić information content (AvgIpc) is 3.14. The van der Waals surface area contributed by atoms with Crippen LogP contribution in [0.1, 0.15) is 27.2 Å². The number of likely N-dealkylation sites (N-methyl/N-ethyl adjacent to an activating group) is 1. The Morgan fingerprint density at radius 1 is 1.10 bits per heavy atom. The molecule has 0 radical (unpaired) electrons. The van der Waals surface area contributed by atoms with E-state index in [1.807, 2.05) is 32.0 Å². The maximum absolute atomic E-state index is 12.5. The van der Waals surface area contributed by atoms with Crippen LogP contribution < -0.4 is 10.1 Å². The molecule has 30 heavy (non-hydrogen) atoms. The zero-order valence-electron chi connectivity index (χ0n) is 17.3. The summed E-state index contributed by atoms with van der Waals surface area (Å²) in [6.07, 6.45) is 0.178. The van der Waals surface area contributed by atoms with Crippen molar-refractivity contribution in [3.05, 3.63) is 76.3 Å². The predicted octanol–water partition coefficient (Wildman–Crippen LogP) is 4.09. The first kappa shape index (κ1) is 21.5. The third-order valence-corrected chi connectivity index (χ3v) is 5.26. The number of ether oxygens (including phenoxy) is 1. The van der Waals surface area contributed by atoms with Gasteiger partial charge in [0.1, 0.15) is 12.4 Å². The molecule has 0 aliphatic carbocycles. The summed E-state index contributed by atoms with van der Waals surface area (Å²) in [5.74, 6) is 0.542. The van der Waals surface area contributed by atoms with Crippen molar-refractivity contribution in [3.8, 4) is 5.75 Å². The van der Waals surface area contributed by atoms with Gasteiger partial charge in [-0.1, -0.05) is 24.3 Å². The smallest absolute Gasteiger partial charge is 0.257 e. The number of hydrogen-bond acceptors (Lipinski definition) is 5. The highest BCUT2D eigenvalue weighted by Crippen LogP contribution is 2.18. The first-order valence-electron chi connectivity index (χ1n) is 9.66. The molecule has 0 fully saturated rings. The Bertz CT molecular complexity index is 997. The van der Waals surface area contributed by atoms with Crippen molar-refractivity contribution in [2.24, 2.45) is 0 Å². The lowest BCUT2D eigenvalue weighted by molar-refractivity contribution is -0.129. The minimum Gasteiger partial charge on any atom is -0.492 e. The first-order chi connectivity index (χ1) is 14.4. The Labute approximate surface area is 180 Å². The molecule has 0 spiro atoms. The monoisotopic (exact) mass is 423 g/mol. The van der Waals surface area contributed by atoms with E-state index in [-0.39, 0.29) is 18.2 Å². The highest BCUT2D eigenvalue weighted by atomic mass is 32.1. The number of benzene rings is 2. The zero-order chi connectivity index (χ0) is 21.5. The molecule has 3 aromatic rings. The van der Waals surface area contributed by atoms with E-state index in [0.29, 0.717) is 29.5 Å². The summed E-state index contributed by atoms with van der Waals surface area (Å²) in [7, 11) is 1.75. The van der Waals surface area contributed by atoms with Gasteiger partial charge in [0, 0.05) is 18.0 Å². The van der Waals surface area contributed by atoms with Crippen molar-refractivity contribution in [2.45, 2.75) is 20.3 Å². The summed E-state index contributed by atoms with van der Waals surface area (Å²) in [6, 6.07) is 15.0. The molecule has 1 heterocycles. The van der Waals surface area contributed by atoms with E-state index in [4.69, 9.17) is 4.74 Å². The number of aryl methyl sites for hydroxylation is 2. The molecule has 0 unspecified atom stereocenters. The van der Waals surface area contributed by atoms with Crippen molar-refractivity contribution in [1.82, 2.24) is 9.88 Å². The largest absolute Gasteiger partial charge is 0.492 e. The Kier molecular flexibility index (Phi) is 7.19. The number of aromatic nitrogens is 1. The SMILES string of the molecule is Cc1cc(C)cc(OCCN(C)C(=O)Cc2csc(NC(=O)c3ccccc3)n2)c1. The Balaban J connectivity index is 1.46. The van der Waals surface area contributed by atoms with Gasteiger partial charge in [0.05, 0.1) is 18.7 Å². The normalized spacial score (nSPS) is 10.5. The number of nitrogens with one attached hydrogen (secondary N) is 1. The van der Waals surface area contributed by atoms with E-state index in [9.17, 15) is 9.59 Å². The maximum atomic E-state index is 12.5. The third kappa shape index (κ3) is 6.15. The molecule has 6 nitrogen and oxygen atoms in total. The van der Waals surface area contributed by atoms with E-state index in [1.54, 1.807) is 41.6 Å². The van der Waals surface area contributed by atoms with Gasteiger partial charge in [-0.3, -0.25) is 14.9 Å². The van der Waals surface area contributed by atoms with E-state index in [1.165, 1.54) is 11.3 Å². The van der Waals surface area contributed by atoms with E-state index < -0.39 is 0 Å². The minimum absolute atomic E-state index is 0.0507.